The van der Waals surface area contributed by atoms with Crippen molar-refractivity contribution in [1.29, 1.82) is 0 Å². The fraction of sp³-hybridized carbons (Fsp3) is 0.926. The molecule has 0 aromatic rings. The Morgan fingerprint density at radius 2 is 1.49 bits per heavy atom. The highest BCUT2D eigenvalue weighted by atomic mass is 16.7. The Balaban J connectivity index is 1.89. The zero-order valence-electron chi connectivity index (χ0n) is 24.4. The lowest BCUT2D eigenvalue weighted by Crippen LogP contribution is -2.64. The van der Waals surface area contributed by atoms with Crippen LogP contribution in [0.15, 0.2) is 0 Å². The molecule has 10 atom stereocenters. The van der Waals surface area contributed by atoms with E-state index in [1.54, 1.807) is 14.0 Å². The molecule has 0 aliphatic carbocycles. The van der Waals surface area contributed by atoms with Crippen molar-refractivity contribution < 1.29 is 54.4 Å². The molecule has 2 aliphatic rings. The molecule has 14 heteroatoms. The molecule has 0 saturated carbocycles. The molecule has 0 bridgehead atoms. The average Bonchev–Trinajstić information content (AvgIpc) is 2.94. The van der Waals surface area contributed by atoms with E-state index in [-0.39, 0.29) is 12.5 Å². The number of nitrogens with zero attached hydrogens (tertiary/aromatic N) is 1. The van der Waals surface area contributed by atoms with Crippen molar-refractivity contribution in [2.24, 2.45) is 0 Å². The summed E-state index contributed by atoms with van der Waals surface area (Å²) in [4.78, 5) is 25.3. The summed E-state index contributed by atoms with van der Waals surface area (Å²) in [5.74, 6) is -0.424. The molecule has 0 aromatic heterocycles. The lowest BCUT2D eigenvalue weighted by molar-refractivity contribution is -0.270. The molecule has 2 saturated heterocycles. The highest BCUT2D eigenvalue weighted by molar-refractivity contribution is 5.75. The molecule has 41 heavy (non-hydrogen) atoms. The van der Waals surface area contributed by atoms with Crippen molar-refractivity contribution in [3.8, 4) is 0 Å². The molecule has 0 aromatic carbocycles. The Morgan fingerprint density at radius 1 is 0.829 bits per heavy atom. The minimum atomic E-state index is -1.39. The number of hydrogen-bond donors (Lipinski definition) is 8. The van der Waals surface area contributed by atoms with Crippen molar-refractivity contribution in [1.82, 2.24) is 15.5 Å². The fourth-order valence-corrected chi connectivity index (χ4v) is 5.23. The number of carbonyl (C=O) groups excluding carboxylic acids is 2. The largest absolute Gasteiger partial charge is 0.394 e. The maximum Gasteiger partial charge on any atom is 0.219 e. The molecule has 2 fully saturated rings. The number of amides is 2. The standard InChI is InChI=1S/C27H51N3O11/c1-16-22(34)26(38)23(35)18(40-16)9-6-8-12-30(11-7-4-5-10-20(33)28-3)13-14-39-27-21(29-17(2)32)25(37)24(36)19(15-31)41-27/h16,18-19,21-27,31,34-38H,4-15H2,1-3H3,(H,28,33)(H,29,32)/t16-,18-,19+,21+,22+,23+,24+,25+,26+,27+/m0/s1. The van der Waals surface area contributed by atoms with Crippen LogP contribution in [0.5, 0.6) is 0 Å². The van der Waals surface area contributed by atoms with E-state index in [0.717, 1.165) is 32.2 Å². The first-order chi connectivity index (χ1) is 19.5. The molecule has 8 N–H and O–H groups in total. The Kier molecular flexibility index (Phi) is 15.9. The highest BCUT2D eigenvalue weighted by Gasteiger charge is 2.45. The van der Waals surface area contributed by atoms with Gasteiger partial charge in [0.05, 0.1) is 25.4 Å². The summed E-state index contributed by atoms with van der Waals surface area (Å²) in [6, 6.07) is -1.01. The van der Waals surface area contributed by atoms with Crippen LogP contribution in [-0.2, 0) is 23.8 Å². The minimum absolute atomic E-state index is 0.00373. The second kappa shape index (κ2) is 18.3. The first-order valence-corrected chi connectivity index (χ1v) is 14.6. The Labute approximate surface area is 242 Å². The van der Waals surface area contributed by atoms with Crippen LogP contribution in [0, 0.1) is 0 Å². The summed E-state index contributed by atoms with van der Waals surface area (Å²) in [5.41, 5.74) is 0. The molecule has 2 aliphatic heterocycles. The number of rotatable bonds is 17. The van der Waals surface area contributed by atoms with Gasteiger partial charge < -0.3 is 60.4 Å². The van der Waals surface area contributed by atoms with Crippen LogP contribution in [0.4, 0.5) is 0 Å². The number of aliphatic hydroxyl groups excluding tert-OH is 6. The molecule has 0 unspecified atom stereocenters. The van der Waals surface area contributed by atoms with Crippen LogP contribution in [0.1, 0.15) is 58.8 Å². The van der Waals surface area contributed by atoms with Gasteiger partial charge in [0.2, 0.25) is 11.8 Å². The summed E-state index contributed by atoms with van der Waals surface area (Å²) >= 11 is 0. The van der Waals surface area contributed by atoms with Crippen LogP contribution in [0.3, 0.4) is 0 Å². The van der Waals surface area contributed by atoms with Gasteiger partial charge >= 0.3 is 0 Å². The van der Waals surface area contributed by atoms with Crippen LogP contribution < -0.4 is 10.6 Å². The predicted octanol–water partition coefficient (Wildman–Crippen LogP) is -2.40. The number of unbranched alkanes of at least 4 members (excludes halogenated alkanes) is 3. The van der Waals surface area contributed by atoms with Gasteiger partial charge in [0, 0.05) is 26.9 Å². The normalized spacial score (nSPS) is 34.0. The van der Waals surface area contributed by atoms with Gasteiger partial charge in [0.1, 0.15) is 42.7 Å². The number of carbonyl (C=O) groups is 2. The maximum absolute atomic E-state index is 11.7. The van der Waals surface area contributed by atoms with E-state index in [0.29, 0.717) is 32.4 Å². The number of nitrogens with one attached hydrogen (secondary N) is 2. The van der Waals surface area contributed by atoms with Gasteiger partial charge in [-0.1, -0.05) is 6.42 Å². The van der Waals surface area contributed by atoms with E-state index in [1.807, 2.05) is 0 Å². The van der Waals surface area contributed by atoms with E-state index in [2.05, 4.69) is 15.5 Å². The van der Waals surface area contributed by atoms with Gasteiger partial charge in [0.25, 0.3) is 0 Å². The molecule has 2 heterocycles. The third-order valence-corrected chi connectivity index (χ3v) is 7.76. The van der Waals surface area contributed by atoms with Gasteiger partial charge in [-0.2, -0.15) is 0 Å². The van der Waals surface area contributed by atoms with Crippen LogP contribution in [0.2, 0.25) is 0 Å². The van der Waals surface area contributed by atoms with Crippen molar-refractivity contribution in [2.75, 3.05) is 39.9 Å². The Bertz CT molecular complexity index is 779. The first-order valence-electron chi connectivity index (χ1n) is 14.6. The van der Waals surface area contributed by atoms with Gasteiger partial charge in [0.15, 0.2) is 6.29 Å². The fourth-order valence-electron chi connectivity index (χ4n) is 5.23. The molecule has 2 amide bonds. The Morgan fingerprint density at radius 3 is 2.12 bits per heavy atom. The van der Waals surface area contributed by atoms with Crippen molar-refractivity contribution in [2.45, 2.75) is 120 Å². The molecule has 2 rings (SSSR count). The maximum atomic E-state index is 11.7. The first kappa shape index (κ1) is 35.7. The summed E-state index contributed by atoms with van der Waals surface area (Å²) in [5, 5.41) is 65.6. The lowest BCUT2D eigenvalue weighted by Gasteiger charge is -2.42. The third-order valence-electron chi connectivity index (χ3n) is 7.76. The second-order valence-electron chi connectivity index (χ2n) is 11.0. The molecular formula is C27H51N3O11. The zero-order valence-corrected chi connectivity index (χ0v) is 24.4. The summed E-state index contributed by atoms with van der Waals surface area (Å²) in [7, 11) is 1.61. The van der Waals surface area contributed by atoms with Crippen molar-refractivity contribution in [3.63, 3.8) is 0 Å². The summed E-state index contributed by atoms with van der Waals surface area (Å²) in [6.07, 6.45) is -4.63. The predicted molar refractivity (Wildman–Crippen MR) is 146 cm³/mol. The molecular weight excluding hydrogens is 542 g/mol. The summed E-state index contributed by atoms with van der Waals surface area (Å²) < 4.78 is 17.2. The van der Waals surface area contributed by atoms with E-state index in [9.17, 15) is 40.2 Å². The second-order valence-corrected chi connectivity index (χ2v) is 11.0. The minimum Gasteiger partial charge on any atom is -0.394 e. The average molecular weight is 594 g/mol. The number of aliphatic hydroxyl groups is 6. The van der Waals surface area contributed by atoms with Gasteiger partial charge in [-0.3, -0.25) is 9.59 Å². The van der Waals surface area contributed by atoms with Crippen molar-refractivity contribution in [3.05, 3.63) is 0 Å². The highest BCUT2D eigenvalue weighted by Crippen LogP contribution is 2.25. The Hall–Kier alpha value is -1.46. The molecule has 0 spiro atoms. The van der Waals surface area contributed by atoms with Gasteiger partial charge in [-0.25, -0.2) is 0 Å². The smallest absolute Gasteiger partial charge is 0.219 e. The van der Waals surface area contributed by atoms with Crippen LogP contribution in [0.25, 0.3) is 0 Å². The SMILES string of the molecule is CNC(=O)CCCCCN(CCCC[C@@H]1O[C@@H](C)[C@@H](O)[C@@H](O)[C@@H]1O)CCO[C@@H]1O[C@H](CO)[C@@H](O)[C@H](O)[C@H]1NC(C)=O. The van der Waals surface area contributed by atoms with Crippen LogP contribution >= 0.6 is 0 Å². The molecule has 240 valence electrons. The molecule has 14 nitrogen and oxygen atoms in total. The van der Waals surface area contributed by atoms with E-state index in [4.69, 9.17) is 14.2 Å². The van der Waals surface area contributed by atoms with Gasteiger partial charge in [-0.15, -0.1) is 0 Å². The topological polar surface area (TPSA) is 211 Å². The summed E-state index contributed by atoms with van der Waals surface area (Å²) in [6.45, 7) is 4.53. The van der Waals surface area contributed by atoms with Crippen molar-refractivity contribution >= 4 is 11.8 Å². The number of hydrogen-bond acceptors (Lipinski definition) is 12. The molecule has 0 radical (unpaired) electrons. The lowest BCUT2D eigenvalue weighted by atomic mass is 9.93. The van der Waals surface area contributed by atoms with Crippen LogP contribution in [-0.4, -0.2) is 148 Å². The number of ether oxygens (including phenoxy) is 3. The third kappa shape index (κ3) is 11.3. The van der Waals surface area contributed by atoms with E-state index >= 15 is 0 Å². The quantitative estimate of drug-likeness (QED) is 0.0830. The van der Waals surface area contributed by atoms with E-state index < -0.39 is 73.7 Å². The zero-order chi connectivity index (χ0) is 30.5. The van der Waals surface area contributed by atoms with E-state index in [1.165, 1.54) is 6.92 Å². The monoisotopic (exact) mass is 593 g/mol. The van der Waals surface area contributed by atoms with Gasteiger partial charge in [-0.05, 0) is 52.1 Å².